The monoisotopic (exact) mass is 387 g/mol. The Hall–Kier alpha value is -1.69. The molecule has 2 aromatic rings. The molecule has 144 valence electrons. The van der Waals surface area contributed by atoms with Crippen LogP contribution in [0.4, 0.5) is 5.82 Å². The Morgan fingerprint density at radius 1 is 1.11 bits per heavy atom. The number of anilines is 1. The second-order valence-electron chi connectivity index (χ2n) is 7.42. The van der Waals surface area contributed by atoms with Gasteiger partial charge in [0, 0.05) is 25.2 Å². The number of rotatable bonds is 7. The van der Waals surface area contributed by atoms with Gasteiger partial charge in [-0.15, -0.1) is 0 Å². The first-order valence-electron chi connectivity index (χ1n) is 9.78. The Morgan fingerprint density at radius 2 is 1.85 bits per heavy atom. The molecule has 2 unspecified atom stereocenters. The predicted octanol–water partition coefficient (Wildman–Crippen LogP) is 4.74. The van der Waals surface area contributed by atoms with Gasteiger partial charge in [0.1, 0.15) is 22.9 Å². The number of nitrogens with zero attached hydrogens (tertiary/aromatic N) is 2. The largest absolute Gasteiger partial charge is 0.381 e. The molecule has 1 aromatic heterocycles. The summed E-state index contributed by atoms with van der Waals surface area (Å²) in [6.45, 7) is 3.66. The highest BCUT2D eigenvalue weighted by Gasteiger charge is 2.29. The Bertz CT molecular complexity index is 748. The molecule has 1 saturated heterocycles. The van der Waals surface area contributed by atoms with E-state index in [2.05, 4.69) is 46.5 Å². The summed E-state index contributed by atoms with van der Waals surface area (Å²) < 4.78 is 12.0. The summed E-state index contributed by atoms with van der Waals surface area (Å²) in [5, 5.41) is 3.99. The Balaban J connectivity index is 1.52. The van der Waals surface area contributed by atoms with Crippen LogP contribution in [-0.2, 0) is 9.47 Å². The molecule has 6 heteroatoms. The molecule has 0 spiro atoms. The van der Waals surface area contributed by atoms with Crippen LogP contribution < -0.4 is 5.32 Å². The molecule has 27 heavy (non-hydrogen) atoms. The van der Waals surface area contributed by atoms with Crippen molar-refractivity contribution in [3.05, 3.63) is 52.9 Å². The SMILES string of the molecule is CC(Nc1cc(Cl)nc(C2CC2)n1)C(OC1CCOCC1)c1ccccc1. The highest BCUT2D eigenvalue weighted by atomic mass is 35.5. The van der Waals surface area contributed by atoms with E-state index in [1.54, 1.807) is 6.07 Å². The van der Waals surface area contributed by atoms with Gasteiger partial charge in [-0.05, 0) is 38.2 Å². The van der Waals surface area contributed by atoms with Gasteiger partial charge < -0.3 is 14.8 Å². The molecule has 2 fully saturated rings. The van der Waals surface area contributed by atoms with E-state index < -0.39 is 0 Å². The van der Waals surface area contributed by atoms with Crippen LogP contribution in [0.15, 0.2) is 36.4 Å². The maximum Gasteiger partial charge on any atom is 0.135 e. The molecule has 0 amide bonds. The van der Waals surface area contributed by atoms with Crippen LogP contribution in [0.3, 0.4) is 0 Å². The van der Waals surface area contributed by atoms with Gasteiger partial charge in [0.2, 0.25) is 0 Å². The number of ether oxygens (including phenoxy) is 2. The minimum Gasteiger partial charge on any atom is -0.381 e. The molecule has 2 heterocycles. The van der Waals surface area contributed by atoms with E-state index in [1.807, 2.05) is 6.07 Å². The first kappa shape index (κ1) is 18.7. The first-order chi connectivity index (χ1) is 13.2. The number of nitrogens with one attached hydrogen (secondary N) is 1. The fourth-order valence-corrected chi connectivity index (χ4v) is 3.68. The van der Waals surface area contributed by atoms with Crippen LogP contribution in [0.2, 0.25) is 5.15 Å². The molecular formula is C21H26ClN3O2. The van der Waals surface area contributed by atoms with Crippen molar-refractivity contribution in [2.24, 2.45) is 0 Å². The molecule has 4 rings (SSSR count). The third-order valence-electron chi connectivity index (χ3n) is 5.12. The van der Waals surface area contributed by atoms with Crippen molar-refractivity contribution in [3.63, 3.8) is 0 Å². The van der Waals surface area contributed by atoms with Crippen LogP contribution in [0.1, 0.15) is 56.0 Å². The summed E-state index contributed by atoms with van der Waals surface area (Å²) >= 11 is 6.22. The van der Waals surface area contributed by atoms with Gasteiger partial charge in [0.25, 0.3) is 0 Å². The summed E-state index contributed by atoms with van der Waals surface area (Å²) in [6, 6.07) is 12.2. The number of hydrogen-bond donors (Lipinski definition) is 1. The zero-order valence-corrected chi connectivity index (χ0v) is 16.4. The predicted molar refractivity (Wildman–Crippen MR) is 106 cm³/mol. The van der Waals surface area contributed by atoms with Crippen LogP contribution in [-0.4, -0.2) is 35.3 Å². The van der Waals surface area contributed by atoms with Gasteiger partial charge >= 0.3 is 0 Å². The molecule has 1 saturated carbocycles. The van der Waals surface area contributed by atoms with Crippen LogP contribution >= 0.6 is 11.6 Å². The second-order valence-corrected chi connectivity index (χ2v) is 7.81. The zero-order valence-electron chi connectivity index (χ0n) is 15.6. The maximum absolute atomic E-state index is 6.51. The summed E-state index contributed by atoms with van der Waals surface area (Å²) in [5.41, 5.74) is 1.16. The molecule has 0 radical (unpaired) electrons. The molecule has 1 aliphatic carbocycles. The lowest BCUT2D eigenvalue weighted by molar-refractivity contribution is -0.0739. The van der Waals surface area contributed by atoms with Gasteiger partial charge in [-0.2, -0.15) is 0 Å². The maximum atomic E-state index is 6.51. The number of hydrogen-bond acceptors (Lipinski definition) is 5. The molecule has 1 N–H and O–H groups in total. The standard InChI is InChI=1S/C21H26ClN3O2/c1-14(23-19-13-18(22)24-21(25-19)16-7-8-16)20(15-5-3-2-4-6-15)27-17-9-11-26-12-10-17/h2-6,13-14,16-17,20H,7-12H2,1H3,(H,23,24,25). The topological polar surface area (TPSA) is 56.3 Å². The van der Waals surface area contributed by atoms with E-state index >= 15 is 0 Å². The third kappa shape index (κ3) is 4.98. The highest BCUT2D eigenvalue weighted by molar-refractivity contribution is 6.29. The van der Waals surface area contributed by atoms with Crippen LogP contribution in [0.5, 0.6) is 0 Å². The minimum absolute atomic E-state index is 0.0354. The summed E-state index contributed by atoms with van der Waals surface area (Å²) in [4.78, 5) is 9.05. The third-order valence-corrected chi connectivity index (χ3v) is 5.31. The van der Waals surface area contributed by atoms with Crippen molar-refractivity contribution in [1.29, 1.82) is 0 Å². The molecule has 1 aromatic carbocycles. The Labute approximate surface area is 165 Å². The van der Waals surface area contributed by atoms with Crippen molar-refractivity contribution in [3.8, 4) is 0 Å². The lowest BCUT2D eigenvalue weighted by atomic mass is 10.0. The van der Waals surface area contributed by atoms with E-state index in [9.17, 15) is 0 Å². The van der Waals surface area contributed by atoms with Gasteiger partial charge in [-0.25, -0.2) is 9.97 Å². The van der Waals surface area contributed by atoms with Crippen molar-refractivity contribution in [1.82, 2.24) is 9.97 Å². The van der Waals surface area contributed by atoms with E-state index in [-0.39, 0.29) is 18.2 Å². The van der Waals surface area contributed by atoms with Gasteiger partial charge in [0.05, 0.1) is 12.1 Å². The molecule has 1 aliphatic heterocycles. The van der Waals surface area contributed by atoms with E-state index in [0.717, 1.165) is 56.1 Å². The fraction of sp³-hybridized carbons (Fsp3) is 0.524. The van der Waals surface area contributed by atoms with Gasteiger partial charge in [-0.3, -0.25) is 0 Å². The number of aromatic nitrogens is 2. The normalized spacial score (nSPS) is 20.2. The minimum atomic E-state index is -0.0765. The Kier molecular flexibility index (Phi) is 5.91. The summed E-state index contributed by atoms with van der Waals surface area (Å²) in [7, 11) is 0. The van der Waals surface area contributed by atoms with Gasteiger partial charge in [0.15, 0.2) is 0 Å². The second kappa shape index (κ2) is 8.55. The first-order valence-corrected chi connectivity index (χ1v) is 10.2. The average Bonchev–Trinajstić information content (AvgIpc) is 3.52. The summed E-state index contributed by atoms with van der Waals surface area (Å²) in [5.74, 6) is 2.07. The van der Waals surface area contributed by atoms with E-state index in [4.69, 9.17) is 21.1 Å². The van der Waals surface area contributed by atoms with Crippen molar-refractivity contribution >= 4 is 17.4 Å². The van der Waals surface area contributed by atoms with Crippen molar-refractivity contribution in [2.45, 2.75) is 56.8 Å². The fourth-order valence-electron chi connectivity index (χ4n) is 3.49. The lowest BCUT2D eigenvalue weighted by Gasteiger charge is -2.32. The van der Waals surface area contributed by atoms with Crippen LogP contribution in [0, 0.1) is 0 Å². The highest BCUT2D eigenvalue weighted by Crippen LogP contribution is 2.39. The number of benzene rings is 1. The number of halogens is 1. The van der Waals surface area contributed by atoms with Crippen molar-refractivity contribution in [2.75, 3.05) is 18.5 Å². The molecule has 2 atom stereocenters. The van der Waals surface area contributed by atoms with Crippen LogP contribution in [0.25, 0.3) is 0 Å². The quantitative estimate of drug-likeness (QED) is 0.695. The smallest absolute Gasteiger partial charge is 0.135 e. The average molecular weight is 388 g/mol. The molecule has 2 aliphatic rings. The molecule has 0 bridgehead atoms. The molecule has 5 nitrogen and oxygen atoms in total. The van der Waals surface area contributed by atoms with Gasteiger partial charge in [-0.1, -0.05) is 41.9 Å². The Morgan fingerprint density at radius 3 is 2.56 bits per heavy atom. The van der Waals surface area contributed by atoms with Crippen molar-refractivity contribution < 1.29 is 9.47 Å². The van der Waals surface area contributed by atoms with E-state index in [1.165, 1.54) is 0 Å². The molecular weight excluding hydrogens is 362 g/mol. The summed E-state index contributed by atoms with van der Waals surface area (Å²) in [6.07, 6.45) is 4.29. The van der Waals surface area contributed by atoms with E-state index in [0.29, 0.717) is 11.1 Å². The lowest BCUT2D eigenvalue weighted by Crippen LogP contribution is -2.33. The zero-order chi connectivity index (χ0) is 18.6.